The quantitative estimate of drug-likeness (QED) is 0.209. The van der Waals surface area contributed by atoms with Crippen molar-refractivity contribution in [2.45, 2.75) is 110 Å². The summed E-state index contributed by atoms with van der Waals surface area (Å²) in [6.07, 6.45) is 13.3. The van der Waals surface area contributed by atoms with Crippen LogP contribution in [0.4, 0.5) is 0 Å². The first-order chi connectivity index (χ1) is 9.39. The zero-order chi connectivity index (χ0) is 15.6. The lowest BCUT2D eigenvalue weighted by molar-refractivity contribution is 0.637. The van der Waals surface area contributed by atoms with Crippen LogP contribution in [0.1, 0.15) is 87.0 Å². The Morgan fingerprint density at radius 3 is 1.65 bits per heavy atom. The van der Waals surface area contributed by atoms with Crippen LogP contribution in [-0.2, 0) is 0 Å². The minimum atomic E-state index is -1.20. The second-order valence-corrected chi connectivity index (χ2v) is 13.6. The maximum absolute atomic E-state index is 2.53. The number of allylic oxidation sites excluding steroid dienone is 2. The van der Waals surface area contributed by atoms with Gasteiger partial charge in [-0.05, 0) is 18.9 Å². The van der Waals surface area contributed by atoms with Crippen molar-refractivity contribution in [3.63, 3.8) is 0 Å². The second kappa shape index (κ2) is 10.7. The molecule has 120 valence electrons. The van der Waals surface area contributed by atoms with Gasteiger partial charge in [-0.25, -0.2) is 0 Å². The van der Waals surface area contributed by atoms with Crippen LogP contribution in [0.15, 0.2) is 12.2 Å². The first-order valence-corrected chi connectivity index (χ1v) is 11.5. The van der Waals surface area contributed by atoms with E-state index in [1.165, 1.54) is 44.6 Å². The van der Waals surface area contributed by atoms with Crippen LogP contribution in [0.25, 0.3) is 0 Å². The standard InChI is InChI=1S/C19H40Si/c1-8-9-10-11-12-13-14-15-16-20(17(2)3,18(4)5)19(6)7/h14-15,17-19H,8-13,16H2,1-7H3/b15-14-. The molecular weight excluding hydrogens is 256 g/mol. The normalized spacial score (nSPS) is 13.3. The summed E-state index contributed by atoms with van der Waals surface area (Å²) in [7, 11) is -1.20. The maximum Gasteiger partial charge on any atom is 0.0650 e. The van der Waals surface area contributed by atoms with E-state index < -0.39 is 8.07 Å². The SMILES string of the molecule is CCCCCCC/C=C\C[Si](C(C)C)(C(C)C)C(C)C. The van der Waals surface area contributed by atoms with Crippen molar-refractivity contribution in [3.8, 4) is 0 Å². The van der Waals surface area contributed by atoms with Gasteiger partial charge in [0.2, 0.25) is 0 Å². The molecule has 0 aromatic rings. The largest absolute Gasteiger partial charge is 0.0912 e. The van der Waals surface area contributed by atoms with E-state index in [-0.39, 0.29) is 0 Å². The Morgan fingerprint density at radius 1 is 0.700 bits per heavy atom. The molecule has 0 atom stereocenters. The van der Waals surface area contributed by atoms with Gasteiger partial charge in [0.05, 0.1) is 8.07 Å². The van der Waals surface area contributed by atoms with Crippen LogP contribution in [0.2, 0.25) is 22.7 Å². The fourth-order valence-electron chi connectivity index (χ4n) is 3.98. The summed E-state index contributed by atoms with van der Waals surface area (Å²) in [4.78, 5) is 0. The lowest BCUT2D eigenvalue weighted by atomic mass is 10.1. The van der Waals surface area contributed by atoms with Crippen LogP contribution in [0.5, 0.6) is 0 Å². The minimum Gasteiger partial charge on any atom is -0.0912 e. The summed E-state index contributed by atoms with van der Waals surface area (Å²) in [5.41, 5.74) is 2.66. The molecule has 0 spiro atoms. The topological polar surface area (TPSA) is 0 Å². The van der Waals surface area contributed by atoms with Crippen molar-refractivity contribution < 1.29 is 0 Å². The summed E-state index contributed by atoms with van der Waals surface area (Å²) in [5, 5.41) is 0. The third-order valence-corrected chi connectivity index (χ3v) is 12.7. The molecule has 20 heavy (non-hydrogen) atoms. The van der Waals surface area contributed by atoms with Gasteiger partial charge in [-0.15, -0.1) is 0 Å². The average molecular weight is 297 g/mol. The Hall–Kier alpha value is -0.0431. The molecule has 0 aromatic carbocycles. The summed E-state index contributed by atoms with van der Waals surface area (Å²) in [5.74, 6) is 0. The molecule has 0 nitrogen and oxygen atoms in total. The zero-order valence-electron chi connectivity index (χ0n) is 15.3. The molecule has 0 aliphatic carbocycles. The van der Waals surface area contributed by atoms with E-state index in [0.29, 0.717) is 0 Å². The molecule has 0 saturated heterocycles. The number of rotatable bonds is 11. The Kier molecular flexibility index (Phi) is 10.6. The maximum atomic E-state index is 2.53. The molecule has 0 aromatic heterocycles. The molecule has 0 amide bonds. The zero-order valence-corrected chi connectivity index (χ0v) is 16.3. The van der Waals surface area contributed by atoms with E-state index in [1.807, 2.05) is 0 Å². The summed E-state index contributed by atoms with van der Waals surface area (Å²) in [6, 6.07) is 1.38. The summed E-state index contributed by atoms with van der Waals surface area (Å²) < 4.78 is 0. The first kappa shape index (κ1) is 20.0. The van der Waals surface area contributed by atoms with E-state index in [0.717, 1.165) is 16.6 Å². The van der Waals surface area contributed by atoms with Crippen molar-refractivity contribution in [2.75, 3.05) is 0 Å². The van der Waals surface area contributed by atoms with Gasteiger partial charge in [0.1, 0.15) is 0 Å². The highest BCUT2D eigenvalue weighted by Gasteiger charge is 2.41. The Bertz CT molecular complexity index is 229. The molecule has 0 bridgehead atoms. The highest BCUT2D eigenvalue weighted by Crippen LogP contribution is 2.44. The molecule has 0 radical (unpaired) electrons. The molecule has 1 heteroatoms. The molecule has 0 saturated carbocycles. The molecule has 0 fully saturated rings. The van der Waals surface area contributed by atoms with Crippen molar-refractivity contribution >= 4 is 8.07 Å². The van der Waals surface area contributed by atoms with Gasteiger partial charge in [0.25, 0.3) is 0 Å². The fourth-order valence-corrected chi connectivity index (χ4v) is 9.97. The average Bonchev–Trinajstić information content (AvgIpc) is 2.35. The van der Waals surface area contributed by atoms with E-state index in [9.17, 15) is 0 Å². The predicted molar refractivity (Wildman–Crippen MR) is 98.4 cm³/mol. The van der Waals surface area contributed by atoms with Gasteiger partial charge in [-0.3, -0.25) is 0 Å². The van der Waals surface area contributed by atoms with Crippen LogP contribution in [0.3, 0.4) is 0 Å². The molecule has 0 N–H and O–H groups in total. The van der Waals surface area contributed by atoms with E-state index in [4.69, 9.17) is 0 Å². The Labute approximate surface area is 130 Å². The van der Waals surface area contributed by atoms with E-state index >= 15 is 0 Å². The molecule has 0 unspecified atom stereocenters. The second-order valence-electron chi connectivity index (χ2n) is 7.45. The highest BCUT2D eigenvalue weighted by atomic mass is 28.3. The number of unbranched alkanes of at least 4 members (excludes halogenated alkanes) is 5. The van der Waals surface area contributed by atoms with Crippen molar-refractivity contribution in [1.29, 1.82) is 0 Å². The Morgan fingerprint density at radius 2 is 1.20 bits per heavy atom. The third kappa shape index (κ3) is 6.16. The van der Waals surface area contributed by atoms with Crippen molar-refractivity contribution in [2.24, 2.45) is 0 Å². The highest BCUT2D eigenvalue weighted by molar-refractivity contribution is 6.83. The van der Waals surface area contributed by atoms with Crippen molar-refractivity contribution in [1.82, 2.24) is 0 Å². The lowest BCUT2D eigenvalue weighted by Crippen LogP contribution is -2.43. The monoisotopic (exact) mass is 296 g/mol. The number of hydrogen-bond acceptors (Lipinski definition) is 0. The predicted octanol–water partition coefficient (Wildman–Crippen LogP) is 7.58. The molecule has 0 rings (SSSR count). The van der Waals surface area contributed by atoms with Crippen LogP contribution in [0, 0.1) is 0 Å². The molecule has 0 heterocycles. The van der Waals surface area contributed by atoms with Gasteiger partial charge in [-0.1, -0.05) is 103 Å². The molecular formula is C19H40Si. The third-order valence-electron chi connectivity index (χ3n) is 5.34. The summed E-state index contributed by atoms with van der Waals surface area (Å²) in [6.45, 7) is 17.1. The van der Waals surface area contributed by atoms with Crippen LogP contribution in [-0.4, -0.2) is 8.07 Å². The van der Waals surface area contributed by atoms with Crippen molar-refractivity contribution in [3.05, 3.63) is 12.2 Å². The van der Waals surface area contributed by atoms with Gasteiger partial charge >= 0.3 is 0 Å². The van der Waals surface area contributed by atoms with Crippen LogP contribution >= 0.6 is 0 Å². The first-order valence-electron chi connectivity index (χ1n) is 9.04. The van der Waals surface area contributed by atoms with E-state index in [1.54, 1.807) is 0 Å². The number of hydrogen-bond donors (Lipinski definition) is 0. The molecule has 0 aliphatic rings. The van der Waals surface area contributed by atoms with Crippen LogP contribution < -0.4 is 0 Å². The smallest absolute Gasteiger partial charge is 0.0650 e. The Balaban J connectivity index is 4.27. The van der Waals surface area contributed by atoms with Gasteiger partial charge in [0, 0.05) is 0 Å². The van der Waals surface area contributed by atoms with Gasteiger partial charge in [0.15, 0.2) is 0 Å². The lowest BCUT2D eigenvalue weighted by Gasteiger charge is -2.42. The van der Waals surface area contributed by atoms with E-state index in [2.05, 4.69) is 60.6 Å². The van der Waals surface area contributed by atoms with Gasteiger partial charge < -0.3 is 0 Å². The summed E-state index contributed by atoms with van der Waals surface area (Å²) >= 11 is 0. The fraction of sp³-hybridized carbons (Fsp3) is 0.895. The van der Waals surface area contributed by atoms with Gasteiger partial charge in [-0.2, -0.15) is 0 Å². The molecule has 0 aliphatic heterocycles. The minimum absolute atomic E-state index is 0.886.